The summed E-state index contributed by atoms with van der Waals surface area (Å²) in [5, 5.41) is 14.3. The minimum absolute atomic E-state index is 0.0566. The van der Waals surface area contributed by atoms with Crippen LogP contribution in [0.3, 0.4) is 0 Å². The standard InChI is InChI=1S/C20H25NO/c1-14(2)21-13-19(22)20-17-9-5-3-7-15(17)11-12-16-8-4-6-10-18(16)20/h3-10,14,19-22H,11-13H2,1-2H3. The Morgan fingerprint density at radius 1 is 0.955 bits per heavy atom. The zero-order chi connectivity index (χ0) is 15.5. The van der Waals surface area contributed by atoms with Crippen LogP contribution in [0.5, 0.6) is 0 Å². The summed E-state index contributed by atoms with van der Waals surface area (Å²) in [6, 6.07) is 17.5. The van der Waals surface area contributed by atoms with Crippen LogP contribution in [0.1, 0.15) is 42.0 Å². The highest BCUT2D eigenvalue weighted by Gasteiger charge is 2.29. The first-order chi connectivity index (χ1) is 10.7. The predicted octanol–water partition coefficient (Wildman–Crippen LogP) is 3.28. The fraction of sp³-hybridized carbons (Fsp3) is 0.400. The van der Waals surface area contributed by atoms with E-state index >= 15 is 0 Å². The van der Waals surface area contributed by atoms with E-state index in [1.807, 2.05) is 0 Å². The lowest BCUT2D eigenvalue weighted by Gasteiger charge is -2.26. The van der Waals surface area contributed by atoms with Gasteiger partial charge in [-0.05, 0) is 35.1 Å². The van der Waals surface area contributed by atoms with Gasteiger partial charge >= 0.3 is 0 Å². The summed E-state index contributed by atoms with van der Waals surface area (Å²) in [5.41, 5.74) is 5.30. The average Bonchev–Trinajstić information content (AvgIpc) is 2.69. The molecule has 0 spiro atoms. The zero-order valence-electron chi connectivity index (χ0n) is 13.4. The third kappa shape index (κ3) is 3.08. The van der Waals surface area contributed by atoms with Gasteiger partial charge in [-0.25, -0.2) is 0 Å². The fourth-order valence-corrected chi connectivity index (χ4v) is 3.46. The largest absolute Gasteiger partial charge is 0.391 e. The molecule has 2 N–H and O–H groups in total. The second-order valence-corrected chi connectivity index (χ2v) is 6.51. The maximum Gasteiger partial charge on any atom is 0.0773 e. The van der Waals surface area contributed by atoms with Crippen molar-refractivity contribution in [3.63, 3.8) is 0 Å². The molecule has 3 rings (SSSR count). The van der Waals surface area contributed by atoms with Crippen molar-refractivity contribution in [3.05, 3.63) is 70.8 Å². The molecule has 2 aromatic carbocycles. The van der Waals surface area contributed by atoms with Crippen LogP contribution in [0.4, 0.5) is 0 Å². The molecule has 0 radical (unpaired) electrons. The quantitative estimate of drug-likeness (QED) is 0.907. The predicted molar refractivity (Wildman–Crippen MR) is 91.3 cm³/mol. The molecule has 0 aromatic heterocycles. The molecule has 1 aliphatic carbocycles. The second-order valence-electron chi connectivity index (χ2n) is 6.51. The van der Waals surface area contributed by atoms with E-state index in [1.165, 1.54) is 22.3 Å². The fourth-order valence-electron chi connectivity index (χ4n) is 3.46. The molecule has 0 bridgehead atoms. The Kier molecular flexibility index (Phi) is 4.60. The van der Waals surface area contributed by atoms with Crippen molar-refractivity contribution in [2.45, 2.75) is 44.8 Å². The molecule has 1 unspecified atom stereocenters. The first-order valence-corrected chi connectivity index (χ1v) is 8.24. The van der Waals surface area contributed by atoms with Crippen LogP contribution in [0.15, 0.2) is 48.5 Å². The van der Waals surface area contributed by atoms with Gasteiger partial charge < -0.3 is 10.4 Å². The van der Waals surface area contributed by atoms with E-state index in [4.69, 9.17) is 0 Å². The van der Waals surface area contributed by atoms with Crippen LogP contribution in [0, 0.1) is 0 Å². The molecule has 2 nitrogen and oxygen atoms in total. The van der Waals surface area contributed by atoms with Crippen LogP contribution in [-0.4, -0.2) is 23.8 Å². The van der Waals surface area contributed by atoms with Gasteiger partial charge in [-0.1, -0.05) is 62.4 Å². The van der Waals surface area contributed by atoms with E-state index in [0.29, 0.717) is 12.6 Å². The first-order valence-electron chi connectivity index (χ1n) is 8.24. The molecule has 1 atom stereocenters. The molecule has 2 heteroatoms. The lowest BCUT2D eigenvalue weighted by Crippen LogP contribution is -2.36. The van der Waals surface area contributed by atoms with Gasteiger partial charge in [0.1, 0.15) is 0 Å². The van der Waals surface area contributed by atoms with Crippen molar-refractivity contribution in [1.82, 2.24) is 5.32 Å². The highest BCUT2D eigenvalue weighted by molar-refractivity contribution is 5.45. The Hall–Kier alpha value is -1.64. The highest BCUT2D eigenvalue weighted by Crippen LogP contribution is 2.36. The summed E-state index contributed by atoms with van der Waals surface area (Å²) in [5.74, 6) is 0.0566. The van der Waals surface area contributed by atoms with Crippen LogP contribution in [-0.2, 0) is 12.8 Å². The van der Waals surface area contributed by atoms with E-state index < -0.39 is 6.10 Å². The van der Waals surface area contributed by atoms with Crippen molar-refractivity contribution in [2.75, 3.05) is 6.54 Å². The maximum absolute atomic E-state index is 10.9. The summed E-state index contributed by atoms with van der Waals surface area (Å²) < 4.78 is 0. The van der Waals surface area contributed by atoms with Gasteiger partial charge in [0.2, 0.25) is 0 Å². The molecular formula is C20H25NO. The van der Waals surface area contributed by atoms with E-state index in [2.05, 4.69) is 67.7 Å². The number of benzene rings is 2. The van der Waals surface area contributed by atoms with Crippen LogP contribution >= 0.6 is 0 Å². The molecular weight excluding hydrogens is 270 g/mol. The van der Waals surface area contributed by atoms with Gasteiger partial charge in [-0.15, -0.1) is 0 Å². The van der Waals surface area contributed by atoms with Gasteiger partial charge in [0.05, 0.1) is 6.10 Å². The van der Waals surface area contributed by atoms with E-state index in [9.17, 15) is 5.11 Å². The number of rotatable bonds is 4. The molecule has 22 heavy (non-hydrogen) atoms. The molecule has 0 heterocycles. The van der Waals surface area contributed by atoms with Gasteiger partial charge in [0, 0.05) is 18.5 Å². The molecule has 0 saturated heterocycles. The van der Waals surface area contributed by atoms with Crippen LogP contribution in [0.2, 0.25) is 0 Å². The molecule has 2 aromatic rings. The normalized spacial score (nSPS) is 16.0. The maximum atomic E-state index is 10.9. The summed E-state index contributed by atoms with van der Waals surface area (Å²) in [7, 11) is 0. The Bertz CT molecular complexity index is 588. The number of aliphatic hydroxyl groups is 1. The minimum atomic E-state index is -0.414. The minimum Gasteiger partial charge on any atom is -0.391 e. The SMILES string of the molecule is CC(C)NCC(O)C1c2ccccc2CCc2ccccc21. The molecule has 0 fully saturated rings. The van der Waals surface area contributed by atoms with Crippen molar-refractivity contribution >= 4 is 0 Å². The summed E-state index contributed by atoms with van der Waals surface area (Å²) in [4.78, 5) is 0. The smallest absolute Gasteiger partial charge is 0.0773 e. The van der Waals surface area contributed by atoms with Crippen molar-refractivity contribution in [1.29, 1.82) is 0 Å². The number of hydrogen-bond acceptors (Lipinski definition) is 2. The van der Waals surface area contributed by atoms with Crippen LogP contribution in [0.25, 0.3) is 0 Å². The highest BCUT2D eigenvalue weighted by atomic mass is 16.3. The third-order valence-electron chi connectivity index (χ3n) is 4.56. The average molecular weight is 295 g/mol. The lowest BCUT2D eigenvalue weighted by molar-refractivity contribution is 0.151. The Morgan fingerprint density at radius 2 is 1.45 bits per heavy atom. The summed E-state index contributed by atoms with van der Waals surface area (Å²) >= 11 is 0. The van der Waals surface area contributed by atoms with E-state index in [0.717, 1.165) is 12.8 Å². The Labute approximate surface area is 133 Å². The Morgan fingerprint density at radius 3 is 1.95 bits per heavy atom. The van der Waals surface area contributed by atoms with Crippen molar-refractivity contribution in [2.24, 2.45) is 0 Å². The van der Waals surface area contributed by atoms with Gasteiger partial charge in [-0.3, -0.25) is 0 Å². The summed E-state index contributed by atoms with van der Waals surface area (Å²) in [6.07, 6.45) is 1.69. The molecule has 0 saturated carbocycles. The zero-order valence-corrected chi connectivity index (χ0v) is 13.4. The van der Waals surface area contributed by atoms with Gasteiger partial charge in [0.25, 0.3) is 0 Å². The van der Waals surface area contributed by atoms with E-state index in [1.54, 1.807) is 0 Å². The monoisotopic (exact) mass is 295 g/mol. The summed E-state index contributed by atoms with van der Waals surface area (Å²) in [6.45, 7) is 4.84. The Balaban J connectivity index is 2.02. The number of aryl methyl sites for hydroxylation is 2. The van der Waals surface area contributed by atoms with Gasteiger partial charge in [-0.2, -0.15) is 0 Å². The molecule has 1 aliphatic rings. The topological polar surface area (TPSA) is 32.3 Å². The third-order valence-corrected chi connectivity index (χ3v) is 4.56. The van der Waals surface area contributed by atoms with Crippen molar-refractivity contribution < 1.29 is 5.11 Å². The molecule has 0 amide bonds. The number of hydrogen-bond donors (Lipinski definition) is 2. The first kappa shape index (κ1) is 15.3. The van der Waals surface area contributed by atoms with Crippen molar-refractivity contribution in [3.8, 4) is 0 Å². The molecule has 116 valence electrons. The lowest BCUT2D eigenvalue weighted by atomic mass is 9.84. The van der Waals surface area contributed by atoms with E-state index in [-0.39, 0.29) is 5.92 Å². The molecule has 0 aliphatic heterocycles. The number of nitrogens with one attached hydrogen (secondary N) is 1. The second kappa shape index (κ2) is 6.64. The van der Waals surface area contributed by atoms with Crippen LogP contribution < -0.4 is 5.32 Å². The number of fused-ring (bicyclic) bond motifs is 2. The van der Waals surface area contributed by atoms with Gasteiger partial charge in [0.15, 0.2) is 0 Å². The number of aliphatic hydroxyl groups excluding tert-OH is 1.